The standard InChI is InChI=1S/C23H22N4O4S/c1-15-14-19(27(30)31)10-13-21(15)26-22(28)16(2)32-20-11-8-18(9-12-20)25-23(29)24-17-6-4-3-5-7-17/h3-14,16H,1-2H3,(H,26,28)(H2,24,25,29). The molecule has 0 heterocycles. The molecular weight excluding hydrogens is 428 g/mol. The van der Waals surface area contributed by atoms with E-state index < -0.39 is 10.2 Å². The first-order valence-electron chi connectivity index (χ1n) is 9.77. The Morgan fingerprint density at radius 2 is 1.53 bits per heavy atom. The van der Waals surface area contributed by atoms with E-state index in [1.165, 1.54) is 30.0 Å². The molecule has 0 aliphatic heterocycles. The summed E-state index contributed by atoms with van der Waals surface area (Å²) in [6, 6.07) is 20.3. The summed E-state index contributed by atoms with van der Waals surface area (Å²) in [5.41, 5.74) is 2.46. The third kappa shape index (κ3) is 6.32. The number of nitrogens with zero attached hydrogens (tertiary/aromatic N) is 1. The monoisotopic (exact) mass is 450 g/mol. The van der Waals surface area contributed by atoms with Crippen molar-refractivity contribution in [1.82, 2.24) is 0 Å². The predicted molar refractivity (Wildman–Crippen MR) is 127 cm³/mol. The molecule has 0 saturated carbocycles. The van der Waals surface area contributed by atoms with Crippen molar-refractivity contribution in [2.75, 3.05) is 16.0 Å². The summed E-state index contributed by atoms with van der Waals surface area (Å²) in [4.78, 5) is 35.9. The Bertz CT molecular complexity index is 1120. The van der Waals surface area contributed by atoms with Crippen molar-refractivity contribution in [3.63, 3.8) is 0 Å². The number of hydrogen-bond acceptors (Lipinski definition) is 5. The second kappa shape index (κ2) is 10.5. The van der Waals surface area contributed by atoms with Crippen LogP contribution >= 0.6 is 11.8 Å². The zero-order chi connectivity index (χ0) is 23.1. The molecule has 0 saturated heterocycles. The zero-order valence-corrected chi connectivity index (χ0v) is 18.3. The van der Waals surface area contributed by atoms with E-state index in [0.717, 1.165) is 4.90 Å². The van der Waals surface area contributed by atoms with E-state index in [1.54, 1.807) is 38.1 Å². The number of nitro benzene ring substituents is 1. The number of carbonyl (C=O) groups is 2. The first-order valence-corrected chi connectivity index (χ1v) is 10.7. The van der Waals surface area contributed by atoms with E-state index >= 15 is 0 Å². The smallest absolute Gasteiger partial charge is 0.323 e. The molecule has 0 radical (unpaired) electrons. The Hall–Kier alpha value is -3.85. The zero-order valence-electron chi connectivity index (χ0n) is 17.5. The molecule has 9 heteroatoms. The summed E-state index contributed by atoms with van der Waals surface area (Å²) in [6.07, 6.45) is 0. The molecule has 3 rings (SSSR count). The summed E-state index contributed by atoms with van der Waals surface area (Å²) in [7, 11) is 0. The summed E-state index contributed by atoms with van der Waals surface area (Å²) < 4.78 is 0. The van der Waals surface area contributed by atoms with Crippen LogP contribution in [0.3, 0.4) is 0 Å². The van der Waals surface area contributed by atoms with E-state index in [4.69, 9.17) is 0 Å². The molecular formula is C23H22N4O4S. The Morgan fingerprint density at radius 1 is 0.906 bits per heavy atom. The molecule has 0 aliphatic rings. The highest BCUT2D eigenvalue weighted by molar-refractivity contribution is 8.00. The first-order chi connectivity index (χ1) is 15.3. The van der Waals surface area contributed by atoms with Crippen LogP contribution in [0.15, 0.2) is 77.7 Å². The average Bonchev–Trinajstić information content (AvgIpc) is 2.77. The fourth-order valence-corrected chi connectivity index (χ4v) is 3.69. The fourth-order valence-electron chi connectivity index (χ4n) is 2.83. The number of amides is 3. The molecule has 0 bridgehead atoms. The predicted octanol–water partition coefficient (Wildman–Crippen LogP) is 5.67. The number of aryl methyl sites for hydroxylation is 1. The van der Waals surface area contributed by atoms with Gasteiger partial charge in [-0.3, -0.25) is 14.9 Å². The number of hydrogen-bond donors (Lipinski definition) is 3. The van der Waals surface area contributed by atoms with Crippen LogP contribution in [0.5, 0.6) is 0 Å². The van der Waals surface area contributed by atoms with Gasteiger partial charge in [0, 0.05) is 34.1 Å². The number of para-hydroxylation sites is 1. The Morgan fingerprint density at radius 3 is 2.12 bits per heavy atom. The number of benzene rings is 3. The molecule has 3 aromatic rings. The van der Waals surface area contributed by atoms with Crippen LogP contribution in [0.25, 0.3) is 0 Å². The Balaban J connectivity index is 1.53. The van der Waals surface area contributed by atoms with Crippen LogP contribution < -0.4 is 16.0 Å². The minimum Gasteiger partial charge on any atom is -0.325 e. The van der Waals surface area contributed by atoms with Gasteiger partial charge in [-0.2, -0.15) is 0 Å². The molecule has 32 heavy (non-hydrogen) atoms. The molecule has 1 unspecified atom stereocenters. The fraction of sp³-hybridized carbons (Fsp3) is 0.130. The molecule has 8 nitrogen and oxygen atoms in total. The van der Waals surface area contributed by atoms with Crippen molar-refractivity contribution in [1.29, 1.82) is 0 Å². The van der Waals surface area contributed by atoms with Crippen molar-refractivity contribution >= 4 is 46.4 Å². The van der Waals surface area contributed by atoms with Crippen molar-refractivity contribution in [3.8, 4) is 0 Å². The second-order valence-electron chi connectivity index (χ2n) is 6.98. The van der Waals surface area contributed by atoms with E-state index in [1.807, 2.05) is 30.3 Å². The first kappa shape index (κ1) is 22.8. The van der Waals surface area contributed by atoms with E-state index in [-0.39, 0.29) is 17.6 Å². The van der Waals surface area contributed by atoms with Crippen LogP contribution in [-0.4, -0.2) is 22.1 Å². The molecule has 3 amide bonds. The van der Waals surface area contributed by atoms with Gasteiger partial charge in [0.05, 0.1) is 10.2 Å². The summed E-state index contributed by atoms with van der Waals surface area (Å²) in [6.45, 7) is 3.49. The molecule has 1 atom stereocenters. The largest absolute Gasteiger partial charge is 0.325 e. The lowest BCUT2D eigenvalue weighted by molar-refractivity contribution is -0.384. The van der Waals surface area contributed by atoms with Crippen molar-refractivity contribution < 1.29 is 14.5 Å². The molecule has 3 N–H and O–H groups in total. The minimum atomic E-state index is -0.471. The van der Waals surface area contributed by atoms with Crippen LogP contribution in [-0.2, 0) is 4.79 Å². The maximum absolute atomic E-state index is 12.5. The molecule has 164 valence electrons. The van der Waals surface area contributed by atoms with Gasteiger partial charge in [0.15, 0.2) is 0 Å². The summed E-state index contributed by atoms with van der Waals surface area (Å²) in [5, 5.41) is 18.8. The van der Waals surface area contributed by atoms with Crippen LogP contribution in [0, 0.1) is 17.0 Å². The molecule has 0 fully saturated rings. The van der Waals surface area contributed by atoms with E-state index in [0.29, 0.717) is 22.6 Å². The van der Waals surface area contributed by atoms with Gasteiger partial charge in [-0.25, -0.2) is 4.79 Å². The highest BCUT2D eigenvalue weighted by atomic mass is 32.2. The lowest BCUT2D eigenvalue weighted by Gasteiger charge is -2.14. The molecule has 3 aromatic carbocycles. The van der Waals surface area contributed by atoms with Crippen LogP contribution in [0.4, 0.5) is 27.5 Å². The van der Waals surface area contributed by atoms with Crippen molar-refractivity contribution in [2.45, 2.75) is 24.0 Å². The Kier molecular flexibility index (Phi) is 7.45. The van der Waals surface area contributed by atoms with Crippen LogP contribution in [0.2, 0.25) is 0 Å². The van der Waals surface area contributed by atoms with Gasteiger partial charge in [-0.05, 0) is 61.9 Å². The number of nitrogens with one attached hydrogen (secondary N) is 3. The van der Waals surface area contributed by atoms with Gasteiger partial charge < -0.3 is 16.0 Å². The summed E-state index contributed by atoms with van der Waals surface area (Å²) in [5.74, 6) is -0.212. The number of anilines is 3. The highest BCUT2D eigenvalue weighted by Crippen LogP contribution is 2.27. The molecule has 0 aromatic heterocycles. The number of thioether (sulfide) groups is 1. The second-order valence-corrected chi connectivity index (χ2v) is 8.39. The quantitative estimate of drug-likeness (QED) is 0.244. The van der Waals surface area contributed by atoms with Gasteiger partial charge in [0.1, 0.15) is 0 Å². The topological polar surface area (TPSA) is 113 Å². The van der Waals surface area contributed by atoms with Gasteiger partial charge in [0.25, 0.3) is 5.69 Å². The van der Waals surface area contributed by atoms with Gasteiger partial charge >= 0.3 is 6.03 Å². The number of rotatable bonds is 7. The minimum absolute atomic E-state index is 0.0194. The average molecular weight is 451 g/mol. The SMILES string of the molecule is Cc1cc([N+](=O)[O-])ccc1NC(=O)C(C)Sc1ccc(NC(=O)Nc2ccccc2)cc1. The van der Waals surface area contributed by atoms with Crippen molar-refractivity contribution in [3.05, 3.63) is 88.5 Å². The van der Waals surface area contributed by atoms with E-state index in [2.05, 4.69) is 16.0 Å². The van der Waals surface area contributed by atoms with Gasteiger partial charge in [-0.1, -0.05) is 18.2 Å². The van der Waals surface area contributed by atoms with Gasteiger partial charge in [0.2, 0.25) is 5.91 Å². The highest BCUT2D eigenvalue weighted by Gasteiger charge is 2.17. The molecule has 0 aliphatic carbocycles. The number of non-ortho nitro benzene ring substituents is 1. The summed E-state index contributed by atoms with van der Waals surface area (Å²) >= 11 is 1.37. The third-order valence-electron chi connectivity index (χ3n) is 4.50. The third-order valence-corrected chi connectivity index (χ3v) is 5.62. The van der Waals surface area contributed by atoms with Gasteiger partial charge in [-0.15, -0.1) is 11.8 Å². The lowest BCUT2D eigenvalue weighted by atomic mass is 10.2. The Labute approximate surface area is 189 Å². The maximum Gasteiger partial charge on any atom is 0.323 e. The van der Waals surface area contributed by atoms with E-state index in [9.17, 15) is 19.7 Å². The van der Waals surface area contributed by atoms with Crippen LogP contribution in [0.1, 0.15) is 12.5 Å². The van der Waals surface area contributed by atoms with Crippen molar-refractivity contribution in [2.24, 2.45) is 0 Å². The number of carbonyl (C=O) groups excluding carboxylic acids is 2. The number of urea groups is 1. The number of nitro groups is 1. The maximum atomic E-state index is 12.5. The molecule has 0 spiro atoms. The normalized spacial score (nSPS) is 11.3. The lowest BCUT2D eigenvalue weighted by Crippen LogP contribution is -2.22.